The monoisotopic (exact) mass is 518 g/mol. The summed E-state index contributed by atoms with van der Waals surface area (Å²) in [7, 11) is 2.95. The molecular weight excluding hydrogens is 492 g/mol. The Hall–Kier alpha value is -4.43. The maximum atomic E-state index is 13.2. The van der Waals surface area contributed by atoms with E-state index in [0.29, 0.717) is 35.7 Å². The SMILES string of the molecule is COc1ccc2c(c1)C(=O)N(C[C@@]1(C#Cc3nc(N4C(=O)CC[C@@H]4CO)ccc3OC)CC(=O)NC1=O)C2. The van der Waals surface area contributed by atoms with E-state index in [1.807, 2.05) is 0 Å². The minimum absolute atomic E-state index is 0.105. The molecule has 2 fully saturated rings. The summed E-state index contributed by atoms with van der Waals surface area (Å²) in [5.74, 6) is 5.42. The van der Waals surface area contributed by atoms with Crippen molar-refractivity contribution in [2.75, 3.05) is 32.3 Å². The fraction of sp³-hybridized carbons (Fsp3) is 0.370. The number of nitrogens with zero attached hydrogens (tertiary/aromatic N) is 3. The number of aliphatic hydroxyl groups excluding tert-OH is 1. The number of aliphatic hydroxyl groups is 1. The number of imide groups is 1. The number of amides is 4. The number of hydrogen-bond acceptors (Lipinski definition) is 8. The molecule has 3 aliphatic rings. The van der Waals surface area contributed by atoms with Crippen molar-refractivity contribution in [3.8, 4) is 23.3 Å². The third-order valence-electron chi connectivity index (χ3n) is 7.07. The number of carbonyl (C=O) groups is 4. The van der Waals surface area contributed by atoms with Crippen molar-refractivity contribution in [3.05, 3.63) is 47.2 Å². The van der Waals surface area contributed by atoms with Gasteiger partial charge in [0.05, 0.1) is 33.3 Å². The summed E-state index contributed by atoms with van der Waals surface area (Å²) >= 11 is 0. The van der Waals surface area contributed by atoms with Gasteiger partial charge in [-0.15, -0.1) is 0 Å². The summed E-state index contributed by atoms with van der Waals surface area (Å²) in [6.07, 6.45) is 0.582. The summed E-state index contributed by atoms with van der Waals surface area (Å²) < 4.78 is 10.6. The highest BCUT2D eigenvalue weighted by Gasteiger charge is 2.48. The predicted molar refractivity (Wildman–Crippen MR) is 133 cm³/mol. The first kappa shape index (κ1) is 25.2. The van der Waals surface area contributed by atoms with Crippen molar-refractivity contribution in [1.82, 2.24) is 15.2 Å². The van der Waals surface area contributed by atoms with Gasteiger partial charge in [0.1, 0.15) is 17.0 Å². The van der Waals surface area contributed by atoms with E-state index >= 15 is 0 Å². The molecule has 2 aromatic rings. The van der Waals surface area contributed by atoms with E-state index in [9.17, 15) is 24.3 Å². The van der Waals surface area contributed by atoms with Gasteiger partial charge < -0.3 is 19.5 Å². The number of fused-ring (bicyclic) bond motifs is 1. The summed E-state index contributed by atoms with van der Waals surface area (Å²) in [6.45, 7) is -0.0453. The molecule has 0 aliphatic carbocycles. The van der Waals surface area contributed by atoms with Crippen molar-refractivity contribution >= 4 is 29.4 Å². The third kappa shape index (κ3) is 4.33. The van der Waals surface area contributed by atoms with E-state index < -0.39 is 23.3 Å². The highest BCUT2D eigenvalue weighted by Crippen LogP contribution is 2.34. The molecule has 2 saturated heterocycles. The zero-order valence-corrected chi connectivity index (χ0v) is 20.9. The van der Waals surface area contributed by atoms with Gasteiger partial charge in [-0.25, -0.2) is 4.98 Å². The summed E-state index contributed by atoms with van der Waals surface area (Å²) in [6, 6.07) is 8.02. The highest BCUT2D eigenvalue weighted by molar-refractivity contribution is 6.08. The third-order valence-corrected chi connectivity index (χ3v) is 7.07. The maximum Gasteiger partial charge on any atom is 0.254 e. The quantitative estimate of drug-likeness (QED) is 0.420. The largest absolute Gasteiger partial charge is 0.497 e. The second kappa shape index (κ2) is 9.79. The molecule has 1 aromatic heterocycles. The van der Waals surface area contributed by atoms with Crippen LogP contribution in [0.4, 0.5) is 5.82 Å². The van der Waals surface area contributed by atoms with Crippen LogP contribution in [0, 0.1) is 17.3 Å². The molecular formula is C27H26N4O7. The Balaban J connectivity index is 1.49. The van der Waals surface area contributed by atoms with E-state index in [4.69, 9.17) is 9.47 Å². The van der Waals surface area contributed by atoms with E-state index in [1.54, 1.807) is 30.3 Å². The molecule has 0 saturated carbocycles. The van der Waals surface area contributed by atoms with Gasteiger partial charge >= 0.3 is 0 Å². The van der Waals surface area contributed by atoms with Gasteiger partial charge in [-0.3, -0.25) is 29.4 Å². The number of methoxy groups -OCH3 is 2. The second-order valence-corrected chi connectivity index (χ2v) is 9.43. The molecule has 4 amide bonds. The Bertz CT molecular complexity index is 1410. The lowest BCUT2D eigenvalue weighted by molar-refractivity contribution is -0.127. The van der Waals surface area contributed by atoms with Crippen LogP contribution in [0.25, 0.3) is 0 Å². The van der Waals surface area contributed by atoms with Crippen molar-refractivity contribution in [1.29, 1.82) is 0 Å². The first-order chi connectivity index (χ1) is 18.3. The average Bonchev–Trinajstić information content (AvgIpc) is 3.54. The summed E-state index contributed by atoms with van der Waals surface area (Å²) in [4.78, 5) is 58.3. The molecule has 2 N–H and O–H groups in total. The number of benzene rings is 1. The van der Waals surface area contributed by atoms with Gasteiger partial charge in [0.25, 0.3) is 5.91 Å². The highest BCUT2D eigenvalue weighted by atomic mass is 16.5. The standard InChI is InChI=1S/C27H26N4O7/c1-37-18-5-3-16-13-30(25(35)19(16)11-18)15-27(12-23(33)29-26(27)36)10-9-20-21(38-2)6-7-22(28-20)31-17(14-32)4-8-24(31)34/h3,5-7,11,17,32H,4,8,12-15H2,1-2H3,(H,29,33,36)/t17-,27-/m1/s1. The fourth-order valence-electron chi connectivity index (χ4n) is 5.07. The molecule has 1 aromatic carbocycles. The maximum absolute atomic E-state index is 13.2. The number of anilines is 1. The second-order valence-electron chi connectivity index (χ2n) is 9.43. The van der Waals surface area contributed by atoms with Crippen LogP contribution < -0.4 is 19.7 Å². The van der Waals surface area contributed by atoms with Crippen LogP contribution in [0.5, 0.6) is 11.5 Å². The van der Waals surface area contributed by atoms with Crippen molar-refractivity contribution in [3.63, 3.8) is 0 Å². The number of carbonyl (C=O) groups excluding carboxylic acids is 4. The molecule has 196 valence electrons. The number of rotatable bonds is 6. The first-order valence-electron chi connectivity index (χ1n) is 12.1. The van der Waals surface area contributed by atoms with Gasteiger partial charge in [-0.05, 0) is 42.2 Å². The molecule has 11 heteroatoms. The van der Waals surface area contributed by atoms with Crippen molar-refractivity contribution < 1.29 is 33.8 Å². The minimum Gasteiger partial charge on any atom is -0.497 e. The average molecular weight is 519 g/mol. The van der Waals surface area contributed by atoms with Crippen LogP contribution in [0.3, 0.4) is 0 Å². The minimum atomic E-state index is -1.50. The Morgan fingerprint density at radius 1 is 1.16 bits per heavy atom. The molecule has 4 heterocycles. The smallest absolute Gasteiger partial charge is 0.254 e. The van der Waals surface area contributed by atoms with Gasteiger partial charge in [-0.1, -0.05) is 12.0 Å². The molecule has 0 bridgehead atoms. The van der Waals surface area contributed by atoms with Gasteiger partial charge in [0.2, 0.25) is 17.7 Å². The number of hydrogen-bond donors (Lipinski definition) is 2. The molecule has 3 aliphatic heterocycles. The van der Waals surface area contributed by atoms with Gasteiger partial charge in [0, 0.05) is 25.1 Å². The lowest BCUT2D eigenvalue weighted by Gasteiger charge is -2.26. The molecule has 0 spiro atoms. The summed E-state index contributed by atoms with van der Waals surface area (Å²) in [5, 5.41) is 12.0. The molecule has 11 nitrogen and oxygen atoms in total. The Morgan fingerprint density at radius 2 is 1.97 bits per heavy atom. The number of nitrogens with one attached hydrogen (secondary N) is 1. The zero-order valence-electron chi connectivity index (χ0n) is 20.9. The molecule has 38 heavy (non-hydrogen) atoms. The Kier molecular flexibility index (Phi) is 6.50. The van der Waals surface area contributed by atoms with E-state index in [0.717, 1.165) is 5.56 Å². The van der Waals surface area contributed by atoms with Gasteiger partial charge in [0.15, 0.2) is 11.4 Å². The first-order valence-corrected chi connectivity index (χ1v) is 12.1. The lowest BCUT2D eigenvalue weighted by atomic mass is 9.86. The van der Waals surface area contributed by atoms with Crippen LogP contribution in [0.2, 0.25) is 0 Å². The molecule has 2 atom stereocenters. The fourth-order valence-corrected chi connectivity index (χ4v) is 5.07. The summed E-state index contributed by atoms with van der Waals surface area (Å²) in [5.41, 5.74) is -0.0809. The zero-order chi connectivity index (χ0) is 27.0. The lowest BCUT2D eigenvalue weighted by Crippen LogP contribution is -2.42. The van der Waals surface area contributed by atoms with E-state index in [1.165, 1.54) is 24.0 Å². The molecule has 5 rings (SSSR count). The molecule has 0 radical (unpaired) electrons. The normalized spacial score (nSPS) is 22.3. The van der Waals surface area contributed by atoms with Crippen LogP contribution >= 0.6 is 0 Å². The van der Waals surface area contributed by atoms with Crippen LogP contribution in [-0.4, -0.2) is 72.0 Å². The van der Waals surface area contributed by atoms with E-state index in [-0.39, 0.29) is 43.6 Å². The molecule has 0 unspecified atom stereocenters. The Labute approximate surface area is 218 Å². The predicted octanol–water partition coefficient (Wildman–Crippen LogP) is 0.627. The van der Waals surface area contributed by atoms with Crippen LogP contribution in [0.15, 0.2) is 30.3 Å². The number of pyridine rings is 1. The van der Waals surface area contributed by atoms with E-state index in [2.05, 4.69) is 22.1 Å². The van der Waals surface area contributed by atoms with Crippen LogP contribution in [0.1, 0.15) is 40.9 Å². The topological polar surface area (TPSA) is 138 Å². The number of ether oxygens (including phenoxy) is 2. The van der Waals surface area contributed by atoms with Gasteiger partial charge in [-0.2, -0.15) is 0 Å². The van der Waals surface area contributed by atoms with Crippen molar-refractivity contribution in [2.24, 2.45) is 5.41 Å². The number of aromatic nitrogens is 1. The van der Waals surface area contributed by atoms with Crippen molar-refractivity contribution in [2.45, 2.75) is 31.8 Å². The van der Waals surface area contributed by atoms with Crippen LogP contribution in [-0.2, 0) is 20.9 Å². The Morgan fingerprint density at radius 3 is 2.66 bits per heavy atom.